The van der Waals surface area contributed by atoms with Gasteiger partial charge in [-0.25, -0.2) is 18.1 Å². The number of aromatic nitrogens is 1. The second kappa shape index (κ2) is 5.43. The number of hydrogen-bond donors (Lipinski definition) is 2. The van der Waals surface area contributed by atoms with E-state index in [1.165, 1.54) is 0 Å². The van der Waals surface area contributed by atoms with Gasteiger partial charge < -0.3 is 5.32 Å². The van der Waals surface area contributed by atoms with Gasteiger partial charge in [0.05, 0.1) is 10.7 Å². The minimum Gasteiger partial charge on any atom is -0.368 e. The summed E-state index contributed by atoms with van der Waals surface area (Å²) >= 11 is 3.32. The van der Waals surface area contributed by atoms with Crippen molar-refractivity contribution >= 4 is 31.8 Å². The van der Waals surface area contributed by atoms with Gasteiger partial charge >= 0.3 is 0 Å². The molecule has 0 spiro atoms. The molecule has 1 heterocycles. The molecule has 0 radical (unpaired) electrons. The minimum absolute atomic E-state index is 0.335. The van der Waals surface area contributed by atoms with Crippen molar-refractivity contribution in [3.8, 4) is 0 Å². The smallest absolute Gasteiger partial charge is 0.208 e. The maximum atomic E-state index is 10.7. The van der Waals surface area contributed by atoms with E-state index in [1.54, 1.807) is 6.20 Å². The first-order valence-corrected chi connectivity index (χ1v) is 6.96. The Morgan fingerprint density at radius 3 is 2.80 bits per heavy atom. The summed E-state index contributed by atoms with van der Waals surface area (Å²) in [5.41, 5.74) is 0. The molecule has 2 N–H and O–H groups in total. The summed E-state index contributed by atoms with van der Waals surface area (Å²) < 4.78 is 24.7. The predicted octanol–water partition coefficient (Wildman–Crippen LogP) is 0.805. The largest absolute Gasteiger partial charge is 0.368 e. The average molecular weight is 294 g/mol. The van der Waals surface area contributed by atoms with Crippen molar-refractivity contribution < 1.29 is 8.42 Å². The molecule has 15 heavy (non-hydrogen) atoms. The first-order chi connectivity index (χ1) is 6.99. The van der Waals surface area contributed by atoms with Crippen LogP contribution in [-0.2, 0) is 10.0 Å². The van der Waals surface area contributed by atoms with Crippen molar-refractivity contribution in [1.82, 2.24) is 9.71 Å². The summed E-state index contributed by atoms with van der Waals surface area (Å²) in [4.78, 5) is 4.08. The highest BCUT2D eigenvalue weighted by Gasteiger charge is 2.00. The van der Waals surface area contributed by atoms with E-state index in [2.05, 4.69) is 31.0 Å². The molecule has 0 unspecified atom stereocenters. The highest BCUT2D eigenvalue weighted by Crippen LogP contribution is 2.17. The molecule has 1 aromatic heterocycles. The molecule has 0 aromatic carbocycles. The molecule has 7 heteroatoms. The monoisotopic (exact) mass is 293 g/mol. The van der Waals surface area contributed by atoms with Crippen LogP contribution < -0.4 is 10.0 Å². The Kier molecular flexibility index (Phi) is 4.49. The molecule has 1 rings (SSSR count). The van der Waals surface area contributed by atoms with Gasteiger partial charge in [-0.2, -0.15) is 0 Å². The maximum absolute atomic E-state index is 10.7. The number of pyridine rings is 1. The van der Waals surface area contributed by atoms with E-state index in [4.69, 9.17) is 0 Å². The van der Waals surface area contributed by atoms with Crippen LogP contribution in [0.3, 0.4) is 0 Å². The molecule has 5 nitrogen and oxygen atoms in total. The van der Waals surface area contributed by atoms with Gasteiger partial charge in [0, 0.05) is 19.3 Å². The Morgan fingerprint density at radius 2 is 2.20 bits per heavy atom. The summed E-state index contributed by atoms with van der Waals surface area (Å²) in [7, 11) is -3.11. The quantitative estimate of drug-likeness (QED) is 0.788. The van der Waals surface area contributed by atoms with Gasteiger partial charge in [0.15, 0.2) is 0 Å². The molecule has 0 bridgehead atoms. The van der Waals surface area contributed by atoms with Crippen LogP contribution >= 0.6 is 15.9 Å². The molecule has 0 saturated carbocycles. The normalized spacial score (nSPS) is 11.3. The fourth-order valence-electron chi connectivity index (χ4n) is 0.933. The number of rotatable bonds is 5. The number of sulfonamides is 1. The zero-order valence-electron chi connectivity index (χ0n) is 8.20. The lowest BCUT2D eigenvalue weighted by atomic mass is 10.4. The van der Waals surface area contributed by atoms with Gasteiger partial charge in [-0.15, -0.1) is 0 Å². The number of nitrogens with one attached hydrogen (secondary N) is 2. The first-order valence-electron chi connectivity index (χ1n) is 4.28. The Morgan fingerprint density at radius 1 is 1.47 bits per heavy atom. The second-order valence-electron chi connectivity index (χ2n) is 2.93. The lowest BCUT2D eigenvalue weighted by molar-refractivity contribution is 0.589. The Labute approximate surface area is 97.5 Å². The van der Waals surface area contributed by atoms with E-state index in [-0.39, 0.29) is 0 Å². The van der Waals surface area contributed by atoms with Gasteiger partial charge in [0.1, 0.15) is 5.82 Å². The second-order valence-corrected chi connectivity index (χ2v) is 5.61. The fourth-order valence-corrected chi connectivity index (χ4v) is 1.80. The Bertz CT molecular complexity index is 422. The first kappa shape index (κ1) is 12.4. The van der Waals surface area contributed by atoms with E-state index in [0.29, 0.717) is 18.9 Å². The number of hydrogen-bond acceptors (Lipinski definition) is 4. The van der Waals surface area contributed by atoms with Crippen LogP contribution in [0.1, 0.15) is 0 Å². The lowest BCUT2D eigenvalue weighted by Crippen LogP contribution is -2.27. The minimum atomic E-state index is -3.11. The topological polar surface area (TPSA) is 71.1 Å². The fraction of sp³-hybridized carbons (Fsp3) is 0.375. The molecular weight excluding hydrogens is 282 g/mol. The third-order valence-corrected chi connectivity index (χ3v) is 2.91. The summed E-state index contributed by atoms with van der Waals surface area (Å²) in [6.45, 7) is 0.824. The van der Waals surface area contributed by atoms with E-state index >= 15 is 0 Å². The molecule has 1 aromatic rings. The highest BCUT2D eigenvalue weighted by molar-refractivity contribution is 9.10. The molecule has 0 aliphatic carbocycles. The molecule has 84 valence electrons. The van der Waals surface area contributed by atoms with Crippen LogP contribution in [0.2, 0.25) is 0 Å². The maximum Gasteiger partial charge on any atom is 0.208 e. The van der Waals surface area contributed by atoms with Gasteiger partial charge in [0.2, 0.25) is 10.0 Å². The van der Waals surface area contributed by atoms with Crippen LogP contribution in [-0.4, -0.2) is 32.7 Å². The number of nitrogens with zero attached hydrogens (tertiary/aromatic N) is 1. The standard InChI is InChI=1S/C8H12BrN3O2S/c1-15(13,14)12-6-5-11-8-7(9)3-2-4-10-8/h2-4,12H,5-6H2,1H3,(H,10,11). The van der Waals surface area contributed by atoms with Crippen molar-refractivity contribution in [3.63, 3.8) is 0 Å². The number of halogens is 1. The Hall–Kier alpha value is -0.660. The summed E-state index contributed by atoms with van der Waals surface area (Å²) in [5, 5.41) is 3.00. The molecule has 0 atom stereocenters. The van der Waals surface area contributed by atoms with Gasteiger partial charge in [-0.05, 0) is 28.1 Å². The zero-order chi connectivity index (χ0) is 11.3. The van der Waals surface area contributed by atoms with E-state index in [9.17, 15) is 8.42 Å². The van der Waals surface area contributed by atoms with Crippen LogP contribution in [0, 0.1) is 0 Å². The lowest BCUT2D eigenvalue weighted by Gasteiger charge is -2.06. The molecule has 0 aliphatic heterocycles. The summed E-state index contributed by atoms with van der Waals surface area (Å²) in [6, 6.07) is 3.67. The average Bonchev–Trinajstić information content (AvgIpc) is 2.13. The summed E-state index contributed by atoms with van der Waals surface area (Å²) in [5.74, 6) is 0.702. The van der Waals surface area contributed by atoms with Gasteiger partial charge in [0.25, 0.3) is 0 Å². The Balaban J connectivity index is 2.36. The van der Waals surface area contributed by atoms with Gasteiger partial charge in [-0.3, -0.25) is 0 Å². The zero-order valence-corrected chi connectivity index (χ0v) is 10.6. The van der Waals surface area contributed by atoms with E-state index < -0.39 is 10.0 Å². The number of anilines is 1. The van der Waals surface area contributed by atoms with Crippen molar-refractivity contribution in [2.75, 3.05) is 24.7 Å². The SMILES string of the molecule is CS(=O)(=O)NCCNc1ncccc1Br. The van der Waals surface area contributed by atoms with Crippen LogP contribution in [0.5, 0.6) is 0 Å². The van der Waals surface area contributed by atoms with Crippen molar-refractivity contribution in [3.05, 3.63) is 22.8 Å². The van der Waals surface area contributed by atoms with E-state index in [1.807, 2.05) is 12.1 Å². The van der Waals surface area contributed by atoms with Crippen molar-refractivity contribution in [2.45, 2.75) is 0 Å². The van der Waals surface area contributed by atoms with Gasteiger partial charge in [-0.1, -0.05) is 0 Å². The predicted molar refractivity (Wildman–Crippen MR) is 63.3 cm³/mol. The molecule has 0 amide bonds. The van der Waals surface area contributed by atoms with Crippen LogP contribution in [0.25, 0.3) is 0 Å². The van der Waals surface area contributed by atoms with Crippen LogP contribution in [0.15, 0.2) is 22.8 Å². The van der Waals surface area contributed by atoms with Crippen molar-refractivity contribution in [1.29, 1.82) is 0 Å². The van der Waals surface area contributed by atoms with Crippen LogP contribution in [0.4, 0.5) is 5.82 Å². The van der Waals surface area contributed by atoms with Crippen molar-refractivity contribution in [2.24, 2.45) is 0 Å². The molecule has 0 aliphatic rings. The molecular formula is C8H12BrN3O2S. The van der Waals surface area contributed by atoms with E-state index in [0.717, 1.165) is 10.7 Å². The summed E-state index contributed by atoms with van der Waals surface area (Å²) in [6.07, 6.45) is 2.79. The third-order valence-electron chi connectivity index (χ3n) is 1.54. The third kappa shape index (κ3) is 5.10. The molecule has 0 saturated heterocycles. The highest BCUT2D eigenvalue weighted by atomic mass is 79.9. The molecule has 0 fully saturated rings.